The van der Waals surface area contributed by atoms with Crippen LogP contribution in [0.25, 0.3) is 0 Å². The molecule has 0 spiro atoms. The zero-order valence-corrected chi connectivity index (χ0v) is 18.3. The number of anilines is 1. The molecule has 2 aliphatic carbocycles. The number of piperidine rings is 1. The molecule has 4 aliphatic rings. The molecular weight excluding hydrogens is 374 g/mol. The number of hydrogen-bond acceptors (Lipinski definition) is 3. The minimum absolute atomic E-state index is 0.00656. The van der Waals surface area contributed by atoms with Gasteiger partial charge in [0.2, 0.25) is 5.91 Å². The van der Waals surface area contributed by atoms with Crippen LogP contribution in [0.3, 0.4) is 0 Å². The molecule has 1 saturated heterocycles. The fraction of sp³-hybridized carbons (Fsp3) is 0.760. The third kappa shape index (κ3) is 4.23. The van der Waals surface area contributed by atoms with Crippen LogP contribution < -0.4 is 10.9 Å². The van der Waals surface area contributed by atoms with Gasteiger partial charge in [0.15, 0.2) is 0 Å². The van der Waals surface area contributed by atoms with E-state index in [1.54, 1.807) is 0 Å². The fourth-order valence-corrected chi connectivity index (χ4v) is 6.62. The Bertz CT molecular complexity index is 820. The van der Waals surface area contributed by atoms with Gasteiger partial charge in [0, 0.05) is 43.7 Å². The first-order chi connectivity index (χ1) is 14.7. The fourth-order valence-electron chi connectivity index (χ4n) is 6.62. The van der Waals surface area contributed by atoms with E-state index in [1.165, 1.54) is 57.2 Å². The Hall–Kier alpha value is -1.62. The molecule has 3 heterocycles. The van der Waals surface area contributed by atoms with Crippen molar-refractivity contribution < 1.29 is 4.79 Å². The largest absolute Gasteiger partial charge is 0.321 e. The summed E-state index contributed by atoms with van der Waals surface area (Å²) < 4.78 is 1.98. The summed E-state index contributed by atoms with van der Waals surface area (Å²) in [4.78, 5) is 28.5. The van der Waals surface area contributed by atoms with Gasteiger partial charge in [-0.2, -0.15) is 0 Å². The summed E-state index contributed by atoms with van der Waals surface area (Å²) >= 11 is 0. The molecule has 0 radical (unpaired) electrons. The number of rotatable bonds is 4. The number of carbonyl (C=O) groups excluding carboxylic acids is 1. The molecular formula is C25H37N3O2. The Kier molecular flexibility index (Phi) is 5.99. The minimum Gasteiger partial charge on any atom is -0.321 e. The maximum atomic E-state index is 13.2. The number of carbonyl (C=O) groups is 1. The molecule has 1 amide bonds. The SMILES string of the molecule is O=C(Nc1ccc2n(c1=O)C[C@H]1C[C@@H]2CN(CC2CCCCC2)C1)C1CCCCC1. The van der Waals surface area contributed by atoms with Gasteiger partial charge < -0.3 is 14.8 Å². The van der Waals surface area contributed by atoms with Crippen molar-refractivity contribution in [1.82, 2.24) is 9.47 Å². The van der Waals surface area contributed by atoms with Gasteiger partial charge in [-0.1, -0.05) is 38.5 Å². The number of fused-ring (bicyclic) bond motifs is 4. The van der Waals surface area contributed by atoms with Crippen molar-refractivity contribution in [3.8, 4) is 0 Å². The van der Waals surface area contributed by atoms with Crippen LogP contribution in [0.4, 0.5) is 5.69 Å². The Morgan fingerprint density at radius 2 is 1.67 bits per heavy atom. The summed E-state index contributed by atoms with van der Waals surface area (Å²) in [5.74, 6) is 2.00. The van der Waals surface area contributed by atoms with E-state index in [4.69, 9.17) is 0 Å². The molecule has 164 valence electrons. The normalized spacial score (nSPS) is 28.1. The minimum atomic E-state index is 0.00656. The second-order valence-electron chi connectivity index (χ2n) is 10.4. The van der Waals surface area contributed by atoms with Crippen LogP contribution in [-0.2, 0) is 11.3 Å². The van der Waals surface area contributed by atoms with Crippen LogP contribution in [0.5, 0.6) is 0 Å². The van der Waals surface area contributed by atoms with Crippen molar-refractivity contribution in [2.75, 3.05) is 25.0 Å². The van der Waals surface area contributed by atoms with Gasteiger partial charge in [-0.05, 0) is 56.1 Å². The zero-order valence-electron chi connectivity index (χ0n) is 18.3. The second-order valence-corrected chi connectivity index (χ2v) is 10.4. The number of pyridine rings is 1. The van der Waals surface area contributed by atoms with Crippen LogP contribution in [0.1, 0.15) is 82.2 Å². The summed E-state index contributed by atoms with van der Waals surface area (Å²) in [6.07, 6.45) is 13.6. The highest BCUT2D eigenvalue weighted by Crippen LogP contribution is 2.37. The Labute approximate surface area is 180 Å². The molecule has 5 nitrogen and oxygen atoms in total. The maximum Gasteiger partial charge on any atom is 0.274 e. The molecule has 2 atom stereocenters. The lowest BCUT2D eigenvalue weighted by Crippen LogP contribution is -2.48. The van der Waals surface area contributed by atoms with E-state index in [0.29, 0.717) is 17.5 Å². The third-order valence-electron chi connectivity index (χ3n) is 8.15. The summed E-state index contributed by atoms with van der Waals surface area (Å²) in [5, 5.41) is 2.98. The number of nitrogens with zero attached hydrogens (tertiary/aromatic N) is 2. The molecule has 1 N–H and O–H groups in total. The van der Waals surface area contributed by atoms with E-state index in [9.17, 15) is 9.59 Å². The molecule has 3 fully saturated rings. The van der Waals surface area contributed by atoms with Gasteiger partial charge in [-0.3, -0.25) is 9.59 Å². The Morgan fingerprint density at radius 1 is 0.933 bits per heavy atom. The van der Waals surface area contributed by atoms with E-state index >= 15 is 0 Å². The van der Waals surface area contributed by atoms with Gasteiger partial charge in [0.25, 0.3) is 5.56 Å². The zero-order chi connectivity index (χ0) is 20.5. The number of nitrogens with one attached hydrogen (secondary N) is 1. The number of aromatic nitrogens is 1. The van der Waals surface area contributed by atoms with Gasteiger partial charge in [-0.25, -0.2) is 0 Å². The molecule has 5 heteroatoms. The molecule has 5 rings (SSSR count). The van der Waals surface area contributed by atoms with Gasteiger partial charge in [0.1, 0.15) is 5.69 Å². The van der Waals surface area contributed by atoms with Crippen LogP contribution in [-0.4, -0.2) is 35.0 Å². The van der Waals surface area contributed by atoms with E-state index in [1.807, 2.05) is 10.6 Å². The average Bonchev–Trinajstić information content (AvgIpc) is 2.77. The van der Waals surface area contributed by atoms with Crippen molar-refractivity contribution in [2.45, 2.75) is 83.1 Å². The first-order valence-corrected chi connectivity index (χ1v) is 12.4. The van der Waals surface area contributed by atoms with Crippen LogP contribution in [0.2, 0.25) is 0 Å². The first kappa shape index (κ1) is 20.3. The molecule has 1 aromatic rings. The highest BCUT2D eigenvalue weighted by atomic mass is 16.2. The summed E-state index contributed by atoms with van der Waals surface area (Å²) in [7, 11) is 0. The second kappa shape index (κ2) is 8.86. The van der Waals surface area contributed by atoms with E-state index in [2.05, 4.69) is 16.3 Å². The molecule has 0 unspecified atom stereocenters. The smallest absolute Gasteiger partial charge is 0.274 e. The van der Waals surface area contributed by atoms with Crippen molar-refractivity contribution in [3.05, 3.63) is 28.2 Å². The predicted octanol–water partition coefficient (Wildman–Crippen LogP) is 4.37. The summed E-state index contributed by atoms with van der Waals surface area (Å²) in [6.45, 7) is 4.25. The number of likely N-dealkylation sites (tertiary alicyclic amines) is 1. The maximum absolute atomic E-state index is 13.2. The van der Waals surface area contributed by atoms with E-state index in [0.717, 1.165) is 51.2 Å². The topological polar surface area (TPSA) is 54.3 Å². The van der Waals surface area contributed by atoms with Crippen molar-refractivity contribution in [3.63, 3.8) is 0 Å². The average molecular weight is 412 g/mol. The summed E-state index contributed by atoms with van der Waals surface area (Å²) in [6, 6.07) is 3.98. The van der Waals surface area contributed by atoms with E-state index in [-0.39, 0.29) is 17.4 Å². The van der Waals surface area contributed by atoms with Crippen LogP contribution >= 0.6 is 0 Å². The molecule has 1 aromatic heterocycles. The van der Waals surface area contributed by atoms with Crippen molar-refractivity contribution in [1.29, 1.82) is 0 Å². The lowest BCUT2D eigenvalue weighted by molar-refractivity contribution is -0.120. The predicted molar refractivity (Wildman–Crippen MR) is 120 cm³/mol. The lowest BCUT2D eigenvalue weighted by Gasteiger charge is -2.44. The quantitative estimate of drug-likeness (QED) is 0.801. The van der Waals surface area contributed by atoms with Crippen molar-refractivity contribution in [2.24, 2.45) is 17.8 Å². The Morgan fingerprint density at radius 3 is 2.43 bits per heavy atom. The Balaban J connectivity index is 1.28. The van der Waals surface area contributed by atoms with Crippen LogP contribution in [0.15, 0.2) is 16.9 Å². The van der Waals surface area contributed by atoms with Gasteiger partial charge in [-0.15, -0.1) is 0 Å². The van der Waals surface area contributed by atoms with Crippen molar-refractivity contribution >= 4 is 11.6 Å². The van der Waals surface area contributed by atoms with E-state index < -0.39 is 0 Å². The highest BCUT2D eigenvalue weighted by Gasteiger charge is 2.36. The highest BCUT2D eigenvalue weighted by molar-refractivity contribution is 5.92. The first-order valence-electron chi connectivity index (χ1n) is 12.4. The van der Waals surface area contributed by atoms with Gasteiger partial charge >= 0.3 is 0 Å². The van der Waals surface area contributed by atoms with Gasteiger partial charge in [0.05, 0.1) is 0 Å². The number of amides is 1. The standard InChI is InChI=1S/C25H37N3O2/c29-24(20-9-5-2-6-10-20)26-22-11-12-23-21-13-19(16-28(23)25(22)30)15-27(17-21)14-18-7-3-1-4-8-18/h11-12,18-21H,1-10,13-17H2,(H,26,29)/t19-,21+/m0/s1. The number of hydrogen-bond donors (Lipinski definition) is 1. The molecule has 2 bridgehead atoms. The lowest BCUT2D eigenvalue weighted by atomic mass is 9.81. The molecule has 2 saturated carbocycles. The summed E-state index contributed by atoms with van der Waals surface area (Å²) in [5.41, 5.74) is 1.67. The monoisotopic (exact) mass is 411 g/mol. The molecule has 0 aromatic carbocycles. The molecule has 2 aliphatic heterocycles. The van der Waals surface area contributed by atoms with Crippen LogP contribution in [0, 0.1) is 17.8 Å². The molecule has 30 heavy (non-hydrogen) atoms. The third-order valence-corrected chi connectivity index (χ3v) is 8.15.